The molecule has 0 saturated heterocycles. The lowest BCUT2D eigenvalue weighted by atomic mass is 10.2. The molecule has 0 unspecified atom stereocenters. The van der Waals surface area contributed by atoms with Crippen LogP contribution < -0.4 is 10.0 Å². The smallest absolute Gasteiger partial charge is 0.272 e. The van der Waals surface area contributed by atoms with Gasteiger partial charge in [0.15, 0.2) is 0 Å². The summed E-state index contributed by atoms with van der Waals surface area (Å²) in [6.45, 7) is 2.64. The van der Waals surface area contributed by atoms with E-state index in [0.29, 0.717) is 16.6 Å². The van der Waals surface area contributed by atoms with Crippen molar-refractivity contribution in [2.45, 2.75) is 24.1 Å². The predicted molar refractivity (Wildman–Crippen MR) is 100 cm³/mol. The summed E-state index contributed by atoms with van der Waals surface area (Å²) in [4.78, 5) is 9.17. The van der Waals surface area contributed by atoms with Gasteiger partial charge in [-0.3, -0.25) is 9.71 Å². The van der Waals surface area contributed by atoms with Gasteiger partial charge in [-0.1, -0.05) is 6.92 Å². The number of rotatable bonds is 7. The van der Waals surface area contributed by atoms with Crippen LogP contribution in [0.5, 0.6) is 0 Å². The summed E-state index contributed by atoms with van der Waals surface area (Å²) in [5.41, 5.74) is 1.91. The first-order valence-electron chi connectivity index (χ1n) is 7.77. The first kappa shape index (κ1) is 17.4. The fraction of sp³-hybridized carbons (Fsp3) is 0.176. The summed E-state index contributed by atoms with van der Waals surface area (Å²) in [6, 6.07) is 10.7. The molecule has 0 atom stereocenters. The third-order valence-electron chi connectivity index (χ3n) is 3.50. The molecular formula is C17H18N4O2S2. The van der Waals surface area contributed by atoms with Gasteiger partial charge in [-0.15, -0.1) is 11.3 Å². The van der Waals surface area contributed by atoms with Crippen molar-refractivity contribution in [2.75, 3.05) is 10.0 Å². The average molecular weight is 374 g/mol. The van der Waals surface area contributed by atoms with Crippen LogP contribution in [0.3, 0.4) is 0 Å². The first-order chi connectivity index (χ1) is 12.1. The number of hydrogen-bond donors (Lipinski definition) is 2. The molecule has 0 aliphatic carbocycles. The number of pyridine rings is 2. The molecule has 3 rings (SSSR count). The molecule has 25 heavy (non-hydrogen) atoms. The Morgan fingerprint density at radius 3 is 2.52 bits per heavy atom. The highest BCUT2D eigenvalue weighted by molar-refractivity contribution is 7.94. The second-order valence-electron chi connectivity index (χ2n) is 5.32. The highest BCUT2D eigenvalue weighted by Gasteiger charge is 2.17. The maximum Gasteiger partial charge on any atom is 0.272 e. The molecule has 3 aromatic rings. The van der Waals surface area contributed by atoms with E-state index in [4.69, 9.17) is 0 Å². The third-order valence-corrected chi connectivity index (χ3v) is 6.57. The maximum atomic E-state index is 12.4. The highest BCUT2D eigenvalue weighted by Crippen LogP contribution is 2.24. The second-order valence-corrected chi connectivity index (χ2v) is 8.40. The van der Waals surface area contributed by atoms with Gasteiger partial charge in [0, 0.05) is 23.8 Å². The Balaban J connectivity index is 1.64. The molecule has 0 radical (unpaired) electrons. The van der Waals surface area contributed by atoms with Crippen LogP contribution in [0.25, 0.3) is 0 Å². The summed E-state index contributed by atoms with van der Waals surface area (Å²) in [7, 11) is -3.59. The van der Waals surface area contributed by atoms with E-state index in [2.05, 4.69) is 20.0 Å². The number of nitrogens with zero attached hydrogens (tertiary/aromatic N) is 2. The van der Waals surface area contributed by atoms with Crippen molar-refractivity contribution in [1.29, 1.82) is 0 Å². The van der Waals surface area contributed by atoms with Crippen LogP contribution in [0, 0.1) is 0 Å². The molecule has 6 nitrogen and oxygen atoms in total. The summed E-state index contributed by atoms with van der Waals surface area (Å²) < 4.78 is 27.5. The molecule has 0 bridgehead atoms. The van der Waals surface area contributed by atoms with Gasteiger partial charge in [0.1, 0.15) is 10.0 Å². The number of anilines is 2. The number of thiophene rings is 1. The second kappa shape index (κ2) is 7.62. The molecule has 0 amide bonds. The number of nitrogens with one attached hydrogen (secondary N) is 2. The summed E-state index contributed by atoms with van der Waals surface area (Å²) >= 11 is 1.27. The van der Waals surface area contributed by atoms with E-state index in [-0.39, 0.29) is 0 Å². The lowest BCUT2D eigenvalue weighted by Gasteiger charge is -2.08. The SMILES string of the molecule is CCc1ccc(S(=O)(=O)Nc2ccc(NCc3ccncc3)cn2)s1. The quantitative estimate of drug-likeness (QED) is 0.661. The molecule has 0 aliphatic rings. The normalized spacial score (nSPS) is 11.2. The van der Waals surface area contributed by atoms with Crippen molar-refractivity contribution >= 4 is 32.9 Å². The molecular weight excluding hydrogens is 356 g/mol. The molecule has 0 fully saturated rings. The van der Waals surface area contributed by atoms with E-state index in [1.54, 1.807) is 36.8 Å². The number of aromatic nitrogens is 2. The predicted octanol–water partition coefficient (Wildman–Crippen LogP) is 3.51. The topological polar surface area (TPSA) is 84.0 Å². The zero-order chi connectivity index (χ0) is 17.7. The van der Waals surface area contributed by atoms with E-state index >= 15 is 0 Å². The molecule has 0 saturated carbocycles. The lowest BCUT2D eigenvalue weighted by Crippen LogP contribution is -2.12. The largest absolute Gasteiger partial charge is 0.380 e. The molecule has 0 aromatic carbocycles. The molecule has 2 N–H and O–H groups in total. The van der Waals surface area contributed by atoms with Crippen molar-refractivity contribution in [3.8, 4) is 0 Å². The van der Waals surface area contributed by atoms with E-state index in [1.807, 2.05) is 25.1 Å². The Morgan fingerprint density at radius 1 is 1.08 bits per heavy atom. The Labute approximate surface area is 151 Å². The van der Waals surface area contributed by atoms with Gasteiger partial charge in [0.05, 0.1) is 11.9 Å². The fourth-order valence-electron chi connectivity index (χ4n) is 2.14. The van der Waals surface area contributed by atoms with Crippen molar-refractivity contribution in [1.82, 2.24) is 9.97 Å². The number of sulfonamides is 1. The zero-order valence-electron chi connectivity index (χ0n) is 13.6. The molecule has 3 aromatic heterocycles. The van der Waals surface area contributed by atoms with Crippen LogP contribution in [0.4, 0.5) is 11.5 Å². The van der Waals surface area contributed by atoms with Gasteiger partial charge < -0.3 is 5.32 Å². The van der Waals surface area contributed by atoms with E-state index < -0.39 is 10.0 Å². The van der Waals surface area contributed by atoms with Crippen LogP contribution in [0.15, 0.2) is 59.2 Å². The Bertz CT molecular complexity index is 923. The Morgan fingerprint density at radius 2 is 1.88 bits per heavy atom. The van der Waals surface area contributed by atoms with Crippen molar-refractivity contribution < 1.29 is 8.42 Å². The van der Waals surface area contributed by atoms with E-state index in [1.165, 1.54) is 11.3 Å². The van der Waals surface area contributed by atoms with Gasteiger partial charge in [0.2, 0.25) is 0 Å². The average Bonchev–Trinajstić information content (AvgIpc) is 3.12. The van der Waals surface area contributed by atoms with E-state index in [9.17, 15) is 8.42 Å². The van der Waals surface area contributed by atoms with Gasteiger partial charge >= 0.3 is 0 Å². The molecule has 130 valence electrons. The molecule has 0 aliphatic heterocycles. The molecule has 0 spiro atoms. The summed E-state index contributed by atoms with van der Waals surface area (Å²) in [5, 5.41) is 3.23. The van der Waals surface area contributed by atoms with Gasteiger partial charge in [-0.25, -0.2) is 13.4 Å². The Hall–Kier alpha value is -2.45. The standard InChI is InChI=1S/C17H18N4O2S2/c1-2-15-4-6-17(24-15)25(22,23)21-16-5-3-14(12-20-16)19-11-13-7-9-18-10-8-13/h3-10,12,19H,2,11H2,1H3,(H,20,21). The maximum absolute atomic E-state index is 12.4. The van der Waals surface area contributed by atoms with Crippen molar-refractivity contribution in [3.05, 3.63) is 65.4 Å². The summed E-state index contributed by atoms with van der Waals surface area (Å²) in [6.07, 6.45) is 5.89. The number of hydrogen-bond acceptors (Lipinski definition) is 6. The highest BCUT2D eigenvalue weighted by atomic mass is 32.2. The Kier molecular flexibility index (Phi) is 5.30. The monoisotopic (exact) mass is 374 g/mol. The van der Waals surface area contributed by atoms with Crippen molar-refractivity contribution in [2.24, 2.45) is 0 Å². The number of aryl methyl sites for hydroxylation is 1. The minimum absolute atomic E-state index is 0.293. The lowest BCUT2D eigenvalue weighted by molar-refractivity contribution is 0.603. The molecule has 3 heterocycles. The van der Waals surface area contributed by atoms with E-state index in [0.717, 1.165) is 22.5 Å². The van der Waals surface area contributed by atoms with Gasteiger partial charge in [-0.05, 0) is 48.4 Å². The minimum Gasteiger partial charge on any atom is -0.380 e. The van der Waals surface area contributed by atoms with Gasteiger partial charge in [-0.2, -0.15) is 0 Å². The van der Waals surface area contributed by atoms with Crippen LogP contribution in [-0.4, -0.2) is 18.4 Å². The summed E-state index contributed by atoms with van der Waals surface area (Å²) in [5.74, 6) is 0.293. The van der Waals surface area contributed by atoms with Crippen molar-refractivity contribution in [3.63, 3.8) is 0 Å². The first-order valence-corrected chi connectivity index (χ1v) is 10.1. The fourth-order valence-corrected chi connectivity index (χ4v) is 4.45. The van der Waals surface area contributed by atoms with Crippen LogP contribution in [0.2, 0.25) is 0 Å². The van der Waals surface area contributed by atoms with Crippen LogP contribution >= 0.6 is 11.3 Å². The van der Waals surface area contributed by atoms with Crippen LogP contribution in [-0.2, 0) is 23.0 Å². The van der Waals surface area contributed by atoms with Crippen LogP contribution in [0.1, 0.15) is 17.4 Å². The third kappa shape index (κ3) is 4.55. The molecule has 8 heteroatoms. The minimum atomic E-state index is -3.59. The zero-order valence-corrected chi connectivity index (χ0v) is 15.3. The van der Waals surface area contributed by atoms with Gasteiger partial charge in [0.25, 0.3) is 10.0 Å².